The fraction of sp³-hybridized carbons (Fsp3) is 1.00. The van der Waals surface area contributed by atoms with Crippen LogP contribution in [0.2, 0.25) is 0 Å². The molecule has 2 heterocycles. The quantitative estimate of drug-likeness (QED) is 0.126. The predicted octanol–water partition coefficient (Wildman–Crippen LogP) is 9.16. The predicted molar refractivity (Wildman–Crippen MR) is 146 cm³/mol. The molecule has 2 saturated heterocycles. The molecule has 4 fully saturated rings. The summed E-state index contributed by atoms with van der Waals surface area (Å²) in [5.41, 5.74) is -0.115. The zero-order valence-electron chi connectivity index (χ0n) is 23.5. The summed E-state index contributed by atoms with van der Waals surface area (Å²) in [5.74, 6) is 1.38. The van der Waals surface area contributed by atoms with Crippen molar-refractivity contribution in [1.29, 1.82) is 0 Å². The monoisotopic (exact) mass is 490 g/mol. The summed E-state index contributed by atoms with van der Waals surface area (Å²) < 4.78 is 20.2. The number of hydrogen-bond acceptors (Lipinski definition) is 3. The molecule has 0 N–H and O–H groups in total. The van der Waals surface area contributed by atoms with E-state index in [0.717, 1.165) is 13.2 Å². The second-order valence-corrected chi connectivity index (χ2v) is 12.7. The van der Waals surface area contributed by atoms with Gasteiger partial charge in [0.05, 0.1) is 13.2 Å². The van der Waals surface area contributed by atoms with Crippen LogP contribution < -0.4 is 0 Å². The maximum Gasteiger partial charge on any atom is 0.110 e. The third kappa shape index (κ3) is 7.47. The van der Waals surface area contributed by atoms with Gasteiger partial charge in [-0.15, -0.1) is 0 Å². The van der Waals surface area contributed by atoms with Crippen LogP contribution in [0.5, 0.6) is 0 Å². The van der Waals surface area contributed by atoms with Gasteiger partial charge in [-0.1, -0.05) is 117 Å². The topological polar surface area (TPSA) is 34.3 Å². The van der Waals surface area contributed by atoms with Gasteiger partial charge in [0.2, 0.25) is 0 Å². The Morgan fingerprint density at radius 1 is 0.543 bits per heavy atom. The van der Waals surface area contributed by atoms with Crippen LogP contribution in [0.1, 0.15) is 155 Å². The Bertz CT molecular complexity index is 523. The average Bonchev–Trinajstić information content (AvgIpc) is 3.79. The van der Waals surface area contributed by atoms with Crippen molar-refractivity contribution in [3.8, 4) is 0 Å². The summed E-state index contributed by atoms with van der Waals surface area (Å²) in [6, 6.07) is 0. The van der Waals surface area contributed by atoms with Gasteiger partial charge in [0.15, 0.2) is 0 Å². The van der Waals surface area contributed by atoms with Crippen LogP contribution in [0.15, 0.2) is 0 Å². The van der Waals surface area contributed by atoms with Gasteiger partial charge in [0.1, 0.15) is 23.4 Å². The summed E-state index contributed by atoms with van der Waals surface area (Å²) in [4.78, 5) is 0. The molecule has 4 rings (SSSR count). The molecule has 4 aliphatic rings. The largest absolute Gasteiger partial charge is 0.370 e. The van der Waals surface area contributed by atoms with Gasteiger partial charge in [0, 0.05) is 0 Å². The van der Waals surface area contributed by atoms with Crippen molar-refractivity contribution in [1.82, 2.24) is 0 Å². The van der Waals surface area contributed by atoms with E-state index in [1.54, 1.807) is 0 Å². The molecule has 0 aromatic carbocycles. The van der Waals surface area contributed by atoms with Crippen LogP contribution in [0.25, 0.3) is 0 Å². The van der Waals surface area contributed by atoms with Crippen molar-refractivity contribution in [2.24, 2.45) is 11.8 Å². The first kappa shape index (κ1) is 27.9. The van der Waals surface area contributed by atoms with Gasteiger partial charge < -0.3 is 14.2 Å². The first-order valence-electron chi connectivity index (χ1n) is 16.2. The summed E-state index contributed by atoms with van der Waals surface area (Å²) in [5, 5.41) is 0. The molecule has 3 heteroatoms. The van der Waals surface area contributed by atoms with Crippen molar-refractivity contribution in [3.63, 3.8) is 0 Å². The molecule has 4 unspecified atom stereocenters. The van der Waals surface area contributed by atoms with Crippen molar-refractivity contribution in [3.05, 3.63) is 0 Å². The number of ether oxygens (including phenoxy) is 3. The Labute approximate surface area is 217 Å². The lowest BCUT2D eigenvalue weighted by molar-refractivity contribution is -0.227. The molecular weight excluding hydrogens is 432 g/mol. The van der Waals surface area contributed by atoms with E-state index in [1.807, 2.05) is 0 Å². The second-order valence-electron chi connectivity index (χ2n) is 12.7. The number of rotatable bonds is 20. The Kier molecular flexibility index (Phi) is 11.3. The minimum absolute atomic E-state index is 0.0575. The summed E-state index contributed by atoms with van der Waals surface area (Å²) in [6.07, 6.45) is 30.3. The van der Waals surface area contributed by atoms with Crippen LogP contribution in [0, 0.1) is 11.8 Å². The van der Waals surface area contributed by atoms with Crippen molar-refractivity contribution in [2.75, 3.05) is 13.2 Å². The van der Waals surface area contributed by atoms with E-state index in [4.69, 9.17) is 14.2 Å². The van der Waals surface area contributed by atoms with E-state index in [2.05, 4.69) is 13.8 Å². The van der Waals surface area contributed by atoms with E-state index in [-0.39, 0.29) is 11.2 Å². The van der Waals surface area contributed by atoms with E-state index >= 15 is 0 Å². The van der Waals surface area contributed by atoms with Crippen LogP contribution in [-0.4, -0.2) is 36.6 Å². The Balaban J connectivity index is 1.50. The van der Waals surface area contributed by atoms with Crippen molar-refractivity contribution >= 4 is 0 Å². The first-order chi connectivity index (χ1) is 17.2. The SMILES string of the molecule is CCCCCCCCC(OC(CCCCCCCC)(C1CCCC1)C1CO1)(C1CCCC1)C1CO1. The standard InChI is InChI=1S/C32H58O3/c1-3-5-7-9-11-17-23-31(29-25-33-29,27-19-13-14-20-27)35-32(30-26-34-30,28-21-15-16-22-28)24-18-12-10-8-6-4-2/h27-30H,3-26H2,1-2H3. The van der Waals surface area contributed by atoms with Crippen molar-refractivity contribution < 1.29 is 14.2 Å². The summed E-state index contributed by atoms with van der Waals surface area (Å²) in [7, 11) is 0. The highest BCUT2D eigenvalue weighted by Crippen LogP contribution is 2.54. The van der Waals surface area contributed by atoms with Crippen LogP contribution in [0.3, 0.4) is 0 Å². The molecule has 35 heavy (non-hydrogen) atoms. The normalized spacial score (nSPS) is 28.3. The molecule has 0 bridgehead atoms. The zero-order chi connectivity index (χ0) is 24.4. The average molecular weight is 491 g/mol. The lowest BCUT2D eigenvalue weighted by Gasteiger charge is -2.49. The first-order valence-corrected chi connectivity index (χ1v) is 16.2. The van der Waals surface area contributed by atoms with E-state index in [9.17, 15) is 0 Å². The van der Waals surface area contributed by atoms with Gasteiger partial charge in [-0.2, -0.15) is 0 Å². The number of unbranched alkanes of at least 4 members (excludes halogenated alkanes) is 10. The maximum atomic E-state index is 7.85. The zero-order valence-corrected chi connectivity index (χ0v) is 23.5. The van der Waals surface area contributed by atoms with E-state index in [0.29, 0.717) is 24.0 Å². The minimum Gasteiger partial charge on any atom is -0.370 e. The van der Waals surface area contributed by atoms with E-state index < -0.39 is 0 Å². The lowest BCUT2D eigenvalue weighted by Crippen LogP contribution is -2.57. The Morgan fingerprint density at radius 3 is 1.23 bits per heavy atom. The fourth-order valence-corrected chi connectivity index (χ4v) is 7.86. The molecule has 0 amide bonds. The highest BCUT2D eigenvalue weighted by molar-refractivity contribution is 5.09. The van der Waals surface area contributed by atoms with Crippen LogP contribution >= 0.6 is 0 Å². The molecular formula is C32H58O3. The van der Waals surface area contributed by atoms with Gasteiger partial charge >= 0.3 is 0 Å². The van der Waals surface area contributed by atoms with Gasteiger partial charge in [0.25, 0.3) is 0 Å². The van der Waals surface area contributed by atoms with Gasteiger partial charge in [-0.05, 0) is 50.4 Å². The molecule has 0 spiro atoms. The fourth-order valence-electron chi connectivity index (χ4n) is 7.86. The van der Waals surface area contributed by atoms with Crippen LogP contribution in [-0.2, 0) is 14.2 Å². The minimum atomic E-state index is -0.0575. The highest BCUT2D eigenvalue weighted by atomic mass is 16.6. The Hall–Kier alpha value is -0.120. The van der Waals surface area contributed by atoms with Crippen molar-refractivity contribution in [2.45, 2.75) is 179 Å². The molecule has 0 radical (unpaired) electrons. The molecule has 3 nitrogen and oxygen atoms in total. The van der Waals surface area contributed by atoms with E-state index in [1.165, 1.54) is 141 Å². The molecule has 2 aliphatic carbocycles. The number of hydrogen-bond donors (Lipinski definition) is 0. The molecule has 2 aliphatic heterocycles. The summed E-state index contributed by atoms with van der Waals surface area (Å²) in [6.45, 7) is 6.48. The van der Waals surface area contributed by atoms with Gasteiger partial charge in [-0.3, -0.25) is 0 Å². The molecule has 2 saturated carbocycles. The van der Waals surface area contributed by atoms with Gasteiger partial charge in [-0.25, -0.2) is 0 Å². The third-order valence-electron chi connectivity index (χ3n) is 10.1. The molecule has 0 aromatic rings. The second kappa shape index (κ2) is 14.1. The summed E-state index contributed by atoms with van der Waals surface area (Å²) >= 11 is 0. The lowest BCUT2D eigenvalue weighted by atomic mass is 9.74. The third-order valence-corrected chi connectivity index (χ3v) is 10.1. The highest BCUT2D eigenvalue weighted by Gasteiger charge is 2.62. The molecule has 4 atom stereocenters. The number of epoxide rings is 2. The molecule has 0 aromatic heterocycles. The smallest absolute Gasteiger partial charge is 0.110 e. The van der Waals surface area contributed by atoms with Crippen LogP contribution in [0.4, 0.5) is 0 Å². The molecule has 204 valence electrons. The Morgan fingerprint density at radius 2 is 0.886 bits per heavy atom. The maximum absolute atomic E-state index is 7.85.